The molecule has 190 valence electrons. The standard InChI is InChI=1S/C30H37N3O3/c1-30(2)17-23-28(25(34)18-30)29(21-13-7-10-16-26(21)36-3)33(24-15-9-8-14-22(24)32-23)19-27(35)31-20-11-5-4-6-12-20/h7-10,13-16,20,29,32H,4-6,11-12,17-19H2,1-3H3,(H,31,35). The van der Waals surface area contributed by atoms with Gasteiger partial charge in [-0.3, -0.25) is 9.59 Å². The highest BCUT2D eigenvalue weighted by molar-refractivity contribution is 6.02. The maximum absolute atomic E-state index is 13.8. The largest absolute Gasteiger partial charge is 0.496 e. The van der Waals surface area contributed by atoms with Gasteiger partial charge in [-0.15, -0.1) is 0 Å². The van der Waals surface area contributed by atoms with Crippen molar-refractivity contribution in [1.82, 2.24) is 5.32 Å². The van der Waals surface area contributed by atoms with Crippen molar-refractivity contribution < 1.29 is 14.3 Å². The molecule has 6 heteroatoms. The first kappa shape index (κ1) is 24.4. The zero-order valence-corrected chi connectivity index (χ0v) is 21.6. The van der Waals surface area contributed by atoms with Crippen molar-refractivity contribution in [3.63, 3.8) is 0 Å². The molecule has 2 aromatic carbocycles. The van der Waals surface area contributed by atoms with Crippen LogP contribution in [-0.2, 0) is 9.59 Å². The van der Waals surface area contributed by atoms with Gasteiger partial charge in [-0.05, 0) is 42.9 Å². The number of nitrogens with one attached hydrogen (secondary N) is 2. The van der Waals surface area contributed by atoms with Crippen molar-refractivity contribution in [3.05, 3.63) is 65.4 Å². The molecule has 2 aromatic rings. The van der Waals surface area contributed by atoms with Gasteiger partial charge in [0.1, 0.15) is 5.75 Å². The van der Waals surface area contributed by atoms with Gasteiger partial charge in [-0.1, -0.05) is 63.4 Å². The minimum absolute atomic E-state index is 0.00996. The topological polar surface area (TPSA) is 70.7 Å². The molecule has 1 atom stereocenters. The molecule has 1 amide bonds. The lowest BCUT2D eigenvalue weighted by atomic mass is 9.73. The summed E-state index contributed by atoms with van der Waals surface area (Å²) in [6.45, 7) is 4.44. The van der Waals surface area contributed by atoms with Crippen molar-refractivity contribution >= 4 is 23.1 Å². The second-order valence-corrected chi connectivity index (χ2v) is 11.2. The van der Waals surface area contributed by atoms with Crippen molar-refractivity contribution in [2.75, 3.05) is 23.9 Å². The van der Waals surface area contributed by atoms with E-state index in [9.17, 15) is 9.59 Å². The highest BCUT2D eigenvalue weighted by Crippen LogP contribution is 2.49. The minimum Gasteiger partial charge on any atom is -0.496 e. The van der Waals surface area contributed by atoms with Gasteiger partial charge in [0.25, 0.3) is 0 Å². The third-order valence-electron chi connectivity index (χ3n) is 7.72. The second-order valence-electron chi connectivity index (χ2n) is 11.2. The zero-order valence-electron chi connectivity index (χ0n) is 21.6. The van der Waals surface area contributed by atoms with E-state index in [-0.39, 0.29) is 29.7 Å². The van der Waals surface area contributed by atoms with Gasteiger partial charge in [-0.25, -0.2) is 0 Å². The molecular formula is C30H37N3O3. The number of allylic oxidation sites excluding steroid dienone is 1. The number of ether oxygens (including phenoxy) is 1. The summed E-state index contributed by atoms with van der Waals surface area (Å²) in [5, 5.41) is 6.89. The quantitative estimate of drug-likeness (QED) is 0.561. The number of benzene rings is 2. The fraction of sp³-hybridized carbons (Fsp3) is 0.467. The molecule has 0 bridgehead atoms. The fourth-order valence-corrected chi connectivity index (χ4v) is 6.12. The van der Waals surface area contributed by atoms with Crippen LogP contribution in [0.15, 0.2) is 59.8 Å². The van der Waals surface area contributed by atoms with Crippen molar-refractivity contribution in [3.8, 4) is 5.75 Å². The van der Waals surface area contributed by atoms with Crippen LogP contribution in [0.2, 0.25) is 0 Å². The number of hydrogen-bond donors (Lipinski definition) is 2. The Morgan fingerprint density at radius 2 is 1.78 bits per heavy atom. The first-order chi connectivity index (χ1) is 17.4. The number of Topliss-reactive ketones (excluding diaryl/α,β-unsaturated/α-hetero) is 1. The van der Waals surface area contributed by atoms with Gasteiger partial charge in [0, 0.05) is 29.3 Å². The van der Waals surface area contributed by atoms with E-state index in [1.165, 1.54) is 6.42 Å². The number of rotatable bonds is 5. The van der Waals surface area contributed by atoms with Gasteiger partial charge in [0.2, 0.25) is 5.91 Å². The molecule has 36 heavy (non-hydrogen) atoms. The number of amides is 1. The van der Waals surface area contributed by atoms with Gasteiger partial charge >= 0.3 is 0 Å². The number of fused-ring (bicyclic) bond motifs is 1. The van der Waals surface area contributed by atoms with E-state index in [4.69, 9.17) is 4.74 Å². The molecular weight excluding hydrogens is 450 g/mol. The predicted molar refractivity (Wildman–Crippen MR) is 143 cm³/mol. The highest BCUT2D eigenvalue weighted by atomic mass is 16.5. The summed E-state index contributed by atoms with van der Waals surface area (Å²) in [4.78, 5) is 29.4. The molecule has 0 radical (unpaired) electrons. The Morgan fingerprint density at radius 3 is 2.56 bits per heavy atom. The summed E-state index contributed by atoms with van der Waals surface area (Å²) in [5.41, 5.74) is 4.25. The zero-order chi connectivity index (χ0) is 25.3. The van der Waals surface area contributed by atoms with Crippen molar-refractivity contribution in [2.24, 2.45) is 5.41 Å². The molecule has 1 saturated carbocycles. The van der Waals surface area contributed by atoms with E-state index in [1.807, 2.05) is 48.5 Å². The van der Waals surface area contributed by atoms with Gasteiger partial charge in [-0.2, -0.15) is 0 Å². The van der Waals surface area contributed by atoms with Crippen LogP contribution in [0, 0.1) is 5.41 Å². The molecule has 5 rings (SSSR count). The Kier molecular flexibility index (Phi) is 6.78. The van der Waals surface area contributed by atoms with E-state index in [1.54, 1.807) is 7.11 Å². The van der Waals surface area contributed by atoms with E-state index in [2.05, 4.69) is 29.4 Å². The number of hydrogen-bond acceptors (Lipinski definition) is 5. The number of carbonyl (C=O) groups is 2. The first-order valence-corrected chi connectivity index (χ1v) is 13.2. The number of nitrogens with zero attached hydrogens (tertiary/aromatic N) is 1. The second kappa shape index (κ2) is 10.00. The predicted octanol–water partition coefficient (Wildman–Crippen LogP) is 5.76. The smallest absolute Gasteiger partial charge is 0.239 e. The highest BCUT2D eigenvalue weighted by Gasteiger charge is 2.42. The van der Waals surface area contributed by atoms with Crippen molar-refractivity contribution in [2.45, 2.75) is 70.9 Å². The van der Waals surface area contributed by atoms with Crippen LogP contribution in [0.25, 0.3) is 0 Å². The Balaban J connectivity index is 1.63. The molecule has 6 nitrogen and oxygen atoms in total. The maximum atomic E-state index is 13.8. The molecule has 1 fully saturated rings. The van der Waals surface area contributed by atoms with Crippen LogP contribution >= 0.6 is 0 Å². The summed E-state index contributed by atoms with van der Waals surface area (Å²) >= 11 is 0. The first-order valence-electron chi connectivity index (χ1n) is 13.2. The van der Waals surface area contributed by atoms with E-state index < -0.39 is 6.04 Å². The molecule has 2 N–H and O–H groups in total. The molecule has 1 unspecified atom stereocenters. The van der Waals surface area contributed by atoms with Crippen LogP contribution in [0.4, 0.5) is 11.4 Å². The van der Waals surface area contributed by atoms with Crippen LogP contribution in [0.5, 0.6) is 5.75 Å². The van der Waals surface area contributed by atoms with E-state index in [0.29, 0.717) is 12.2 Å². The van der Waals surface area contributed by atoms with Gasteiger partial charge in [0.05, 0.1) is 31.1 Å². The lowest BCUT2D eigenvalue weighted by molar-refractivity contribution is -0.121. The third-order valence-corrected chi connectivity index (χ3v) is 7.72. The van der Waals surface area contributed by atoms with E-state index >= 15 is 0 Å². The molecule has 0 aromatic heterocycles. The van der Waals surface area contributed by atoms with E-state index in [0.717, 1.165) is 60.3 Å². The summed E-state index contributed by atoms with van der Waals surface area (Å²) in [6.07, 6.45) is 6.85. The number of methoxy groups -OCH3 is 1. The van der Waals surface area contributed by atoms with Crippen LogP contribution in [0.1, 0.15) is 70.4 Å². The lowest BCUT2D eigenvalue weighted by Crippen LogP contribution is -2.45. The average molecular weight is 488 g/mol. The number of ketones is 1. The Morgan fingerprint density at radius 1 is 1.06 bits per heavy atom. The molecule has 3 aliphatic rings. The summed E-state index contributed by atoms with van der Waals surface area (Å²) in [5.74, 6) is 0.823. The monoisotopic (exact) mass is 487 g/mol. The number of anilines is 2. The Labute approximate surface area is 214 Å². The fourth-order valence-electron chi connectivity index (χ4n) is 6.12. The van der Waals surface area contributed by atoms with Crippen molar-refractivity contribution in [1.29, 1.82) is 0 Å². The molecule has 1 heterocycles. The molecule has 1 aliphatic heterocycles. The SMILES string of the molecule is COc1ccccc1C1C2=C(CC(C)(C)CC2=O)Nc2ccccc2N1CC(=O)NC1CCCCC1. The van der Waals surface area contributed by atoms with Crippen LogP contribution in [0.3, 0.4) is 0 Å². The van der Waals surface area contributed by atoms with Gasteiger partial charge in [0.15, 0.2) is 5.78 Å². The Bertz CT molecular complexity index is 1180. The third kappa shape index (κ3) is 4.86. The number of carbonyl (C=O) groups excluding carboxylic acids is 2. The summed E-state index contributed by atoms with van der Waals surface area (Å²) in [6, 6.07) is 15.7. The normalized spacial score (nSPS) is 21.7. The number of para-hydroxylation sites is 3. The maximum Gasteiger partial charge on any atom is 0.239 e. The summed E-state index contributed by atoms with van der Waals surface area (Å²) in [7, 11) is 1.66. The molecule has 0 spiro atoms. The average Bonchev–Trinajstić information content (AvgIpc) is 2.98. The summed E-state index contributed by atoms with van der Waals surface area (Å²) < 4.78 is 5.78. The minimum atomic E-state index is -0.437. The molecule has 0 saturated heterocycles. The molecule has 2 aliphatic carbocycles. The Hall–Kier alpha value is -3.28. The lowest BCUT2D eigenvalue weighted by Gasteiger charge is -2.38. The van der Waals surface area contributed by atoms with Gasteiger partial charge < -0.3 is 20.3 Å². The van der Waals surface area contributed by atoms with Crippen LogP contribution < -0.4 is 20.3 Å². The van der Waals surface area contributed by atoms with Crippen LogP contribution in [-0.4, -0.2) is 31.4 Å².